The number of amides is 1. The average molecular weight is 266 g/mol. The minimum Gasteiger partial charge on any atom is -0.387 e. The van der Waals surface area contributed by atoms with Gasteiger partial charge < -0.3 is 20.1 Å². The molecule has 2 unspecified atom stereocenters. The summed E-state index contributed by atoms with van der Waals surface area (Å²) in [4.78, 5) is 14.7. The van der Waals surface area contributed by atoms with Gasteiger partial charge in [-0.2, -0.15) is 0 Å². The van der Waals surface area contributed by atoms with E-state index in [1.165, 1.54) is 0 Å². The van der Waals surface area contributed by atoms with Crippen LogP contribution in [0.25, 0.3) is 0 Å². The highest BCUT2D eigenvalue weighted by Crippen LogP contribution is 2.50. The third-order valence-corrected chi connectivity index (χ3v) is 4.28. The first kappa shape index (κ1) is 14.1. The fourth-order valence-electron chi connectivity index (χ4n) is 2.56. The lowest BCUT2D eigenvalue weighted by Crippen LogP contribution is -2.68. The summed E-state index contributed by atoms with van der Waals surface area (Å²) >= 11 is 0. The monoisotopic (exact) mass is 266 g/mol. The van der Waals surface area contributed by atoms with Crippen LogP contribution >= 0.6 is 0 Å². The molecule has 1 saturated carbocycles. The molecule has 0 saturated heterocycles. The fourth-order valence-corrected chi connectivity index (χ4v) is 2.56. The van der Waals surface area contributed by atoms with Crippen molar-refractivity contribution < 1.29 is 14.6 Å². The number of aromatic amines is 1. The Kier molecular flexibility index (Phi) is 3.69. The maximum Gasteiger partial charge on any atom is 0.267 e. The van der Waals surface area contributed by atoms with Crippen molar-refractivity contribution in [2.45, 2.75) is 38.9 Å². The van der Waals surface area contributed by atoms with E-state index in [0.717, 1.165) is 0 Å². The lowest BCUT2D eigenvalue weighted by molar-refractivity contribution is -0.237. The Morgan fingerprint density at radius 3 is 2.89 bits per heavy atom. The first-order chi connectivity index (χ1) is 8.90. The van der Waals surface area contributed by atoms with E-state index >= 15 is 0 Å². The van der Waals surface area contributed by atoms with Gasteiger partial charge in [0, 0.05) is 31.2 Å². The van der Waals surface area contributed by atoms with Gasteiger partial charge in [-0.1, -0.05) is 13.8 Å². The Hall–Kier alpha value is -1.33. The molecule has 5 nitrogen and oxygen atoms in total. The number of aromatic nitrogens is 1. The molecule has 0 radical (unpaired) electrons. The van der Waals surface area contributed by atoms with E-state index in [2.05, 4.69) is 10.3 Å². The molecule has 0 aliphatic heterocycles. The second-order valence-corrected chi connectivity index (χ2v) is 5.67. The smallest absolute Gasteiger partial charge is 0.267 e. The van der Waals surface area contributed by atoms with Gasteiger partial charge in [-0.05, 0) is 19.1 Å². The highest BCUT2D eigenvalue weighted by atomic mass is 16.5. The number of carbonyl (C=O) groups is 1. The molecule has 0 aromatic carbocycles. The molecule has 2 rings (SSSR count). The van der Waals surface area contributed by atoms with Crippen molar-refractivity contribution in [1.29, 1.82) is 0 Å². The molecule has 1 aromatic rings. The van der Waals surface area contributed by atoms with Crippen molar-refractivity contribution in [1.82, 2.24) is 10.3 Å². The topological polar surface area (TPSA) is 74.3 Å². The van der Waals surface area contributed by atoms with Gasteiger partial charge in [-0.25, -0.2) is 0 Å². The van der Waals surface area contributed by atoms with Gasteiger partial charge in [0.2, 0.25) is 0 Å². The summed E-state index contributed by atoms with van der Waals surface area (Å²) in [5.41, 5.74) is -0.761. The highest BCUT2D eigenvalue weighted by molar-refractivity contribution is 5.92. The average Bonchev–Trinajstić information content (AvgIpc) is 2.89. The van der Waals surface area contributed by atoms with Crippen molar-refractivity contribution in [2.75, 3.05) is 13.2 Å². The SMILES string of the molecule is CCOC1CC(O)(CNC(=O)c2ccc[nH]2)C1(C)C. The van der Waals surface area contributed by atoms with E-state index in [4.69, 9.17) is 4.74 Å². The van der Waals surface area contributed by atoms with Gasteiger partial charge in [0.05, 0.1) is 11.7 Å². The Balaban J connectivity index is 1.91. The number of hydrogen-bond acceptors (Lipinski definition) is 3. The van der Waals surface area contributed by atoms with Gasteiger partial charge in [0.15, 0.2) is 0 Å². The fraction of sp³-hybridized carbons (Fsp3) is 0.643. The predicted molar refractivity (Wildman–Crippen MR) is 71.9 cm³/mol. The Labute approximate surface area is 113 Å². The second-order valence-electron chi connectivity index (χ2n) is 5.67. The molecule has 106 valence electrons. The first-order valence-electron chi connectivity index (χ1n) is 6.66. The quantitative estimate of drug-likeness (QED) is 0.752. The zero-order valence-corrected chi connectivity index (χ0v) is 11.7. The van der Waals surface area contributed by atoms with Crippen molar-refractivity contribution in [2.24, 2.45) is 5.41 Å². The Bertz CT molecular complexity index is 442. The maximum atomic E-state index is 11.8. The van der Waals surface area contributed by atoms with Gasteiger partial charge >= 0.3 is 0 Å². The molecule has 1 aliphatic carbocycles. The van der Waals surface area contributed by atoms with Crippen LogP contribution < -0.4 is 5.32 Å². The van der Waals surface area contributed by atoms with E-state index < -0.39 is 5.60 Å². The highest BCUT2D eigenvalue weighted by Gasteiger charge is 2.59. The van der Waals surface area contributed by atoms with Crippen molar-refractivity contribution >= 4 is 5.91 Å². The van der Waals surface area contributed by atoms with Crippen LogP contribution in [0.1, 0.15) is 37.7 Å². The summed E-state index contributed by atoms with van der Waals surface area (Å²) in [5, 5.41) is 13.3. The molecular weight excluding hydrogens is 244 g/mol. The van der Waals surface area contributed by atoms with E-state index in [1.54, 1.807) is 18.3 Å². The zero-order chi connectivity index (χ0) is 14.1. The predicted octanol–water partition coefficient (Wildman–Crippen LogP) is 1.31. The molecule has 5 heteroatoms. The molecule has 1 heterocycles. The lowest BCUT2D eigenvalue weighted by Gasteiger charge is -2.57. The molecular formula is C14H22N2O3. The molecule has 0 bridgehead atoms. The number of nitrogens with one attached hydrogen (secondary N) is 2. The van der Waals surface area contributed by atoms with E-state index in [1.807, 2.05) is 20.8 Å². The van der Waals surface area contributed by atoms with E-state index in [-0.39, 0.29) is 24.0 Å². The van der Waals surface area contributed by atoms with Crippen molar-refractivity contribution in [3.8, 4) is 0 Å². The molecule has 19 heavy (non-hydrogen) atoms. The molecule has 2 atom stereocenters. The van der Waals surface area contributed by atoms with Crippen LogP contribution in [-0.4, -0.2) is 40.9 Å². The normalized spacial score (nSPS) is 28.7. The molecule has 0 spiro atoms. The number of H-pyrrole nitrogens is 1. The minimum atomic E-state index is -0.908. The first-order valence-corrected chi connectivity index (χ1v) is 6.66. The van der Waals surface area contributed by atoms with Gasteiger partial charge in [-0.3, -0.25) is 4.79 Å². The lowest BCUT2D eigenvalue weighted by atomic mass is 9.56. The van der Waals surface area contributed by atoms with Crippen LogP contribution in [0.15, 0.2) is 18.3 Å². The summed E-state index contributed by atoms with van der Waals surface area (Å²) in [6, 6.07) is 3.47. The molecule has 3 N–H and O–H groups in total. The second kappa shape index (κ2) is 4.98. The van der Waals surface area contributed by atoms with Crippen molar-refractivity contribution in [3.05, 3.63) is 24.0 Å². The van der Waals surface area contributed by atoms with Crippen molar-refractivity contribution in [3.63, 3.8) is 0 Å². The summed E-state index contributed by atoms with van der Waals surface area (Å²) in [7, 11) is 0. The van der Waals surface area contributed by atoms with Gasteiger partial charge in [0.1, 0.15) is 5.69 Å². The van der Waals surface area contributed by atoms with Crippen LogP contribution in [0.3, 0.4) is 0 Å². The molecule has 1 amide bonds. The summed E-state index contributed by atoms with van der Waals surface area (Å²) in [5.74, 6) is -0.200. The van der Waals surface area contributed by atoms with Gasteiger partial charge in [0.25, 0.3) is 5.91 Å². The van der Waals surface area contributed by atoms with E-state index in [9.17, 15) is 9.90 Å². The van der Waals surface area contributed by atoms with Crippen LogP contribution in [-0.2, 0) is 4.74 Å². The number of hydrogen-bond donors (Lipinski definition) is 3. The minimum absolute atomic E-state index is 0.0462. The third-order valence-electron chi connectivity index (χ3n) is 4.28. The number of rotatable bonds is 5. The van der Waals surface area contributed by atoms with Crippen LogP contribution in [0.2, 0.25) is 0 Å². The number of aliphatic hydroxyl groups is 1. The van der Waals surface area contributed by atoms with Crippen LogP contribution in [0, 0.1) is 5.41 Å². The maximum absolute atomic E-state index is 11.8. The van der Waals surface area contributed by atoms with Gasteiger partial charge in [-0.15, -0.1) is 0 Å². The number of ether oxygens (including phenoxy) is 1. The molecule has 1 aromatic heterocycles. The summed E-state index contributed by atoms with van der Waals surface area (Å²) in [6.45, 7) is 6.76. The third kappa shape index (κ3) is 2.40. The van der Waals surface area contributed by atoms with Crippen LogP contribution in [0.4, 0.5) is 0 Å². The summed E-state index contributed by atoms with van der Waals surface area (Å²) in [6.07, 6.45) is 2.30. The Morgan fingerprint density at radius 1 is 1.63 bits per heavy atom. The Morgan fingerprint density at radius 2 is 2.37 bits per heavy atom. The van der Waals surface area contributed by atoms with E-state index in [0.29, 0.717) is 18.7 Å². The van der Waals surface area contributed by atoms with Crippen LogP contribution in [0.5, 0.6) is 0 Å². The number of carbonyl (C=O) groups excluding carboxylic acids is 1. The largest absolute Gasteiger partial charge is 0.387 e. The standard InChI is InChI=1S/C14H22N2O3/c1-4-19-11-8-14(18,13(11,2)3)9-16-12(17)10-6-5-7-15-10/h5-7,11,15,18H,4,8-9H2,1-3H3,(H,16,17). The summed E-state index contributed by atoms with van der Waals surface area (Å²) < 4.78 is 5.59. The zero-order valence-electron chi connectivity index (χ0n) is 11.7. The molecule has 1 fully saturated rings. The molecule has 1 aliphatic rings.